The van der Waals surface area contributed by atoms with Gasteiger partial charge in [-0.15, -0.1) is 0 Å². The number of H-pyrrole nitrogens is 1. The monoisotopic (exact) mass is 398 g/mol. The zero-order chi connectivity index (χ0) is 18.8. The molecule has 3 aromatic carbocycles. The van der Waals surface area contributed by atoms with Gasteiger partial charge >= 0.3 is 0 Å². The van der Waals surface area contributed by atoms with E-state index < -0.39 is 0 Å². The largest absolute Gasteiger partial charge is 0.493 e. The predicted octanol–water partition coefficient (Wildman–Crippen LogP) is 6.12. The third kappa shape index (κ3) is 3.72. The van der Waals surface area contributed by atoms with Crippen molar-refractivity contribution >= 4 is 34.2 Å². The number of para-hydroxylation sites is 2. The number of fused-ring (bicyclic) bond motifs is 1. The van der Waals surface area contributed by atoms with Crippen LogP contribution in [0.4, 0.5) is 0 Å². The van der Waals surface area contributed by atoms with Gasteiger partial charge in [-0.25, -0.2) is 4.98 Å². The predicted molar refractivity (Wildman–Crippen MR) is 109 cm³/mol. The molecule has 0 aliphatic carbocycles. The summed E-state index contributed by atoms with van der Waals surface area (Å²) in [4.78, 5) is 7.94. The highest BCUT2D eigenvalue weighted by molar-refractivity contribution is 6.42. The average molecular weight is 399 g/mol. The van der Waals surface area contributed by atoms with E-state index in [1.54, 1.807) is 19.2 Å². The molecule has 0 saturated heterocycles. The molecule has 0 radical (unpaired) electrons. The number of benzene rings is 3. The highest BCUT2D eigenvalue weighted by Gasteiger charge is 2.11. The SMILES string of the molecule is COc1cc(-c2nc3ccccc3[nH]2)ccc1OCc1ccc(Cl)c(Cl)c1. The smallest absolute Gasteiger partial charge is 0.161 e. The summed E-state index contributed by atoms with van der Waals surface area (Å²) in [5.41, 5.74) is 3.76. The first kappa shape index (κ1) is 17.7. The summed E-state index contributed by atoms with van der Waals surface area (Å²) in [6.07, 6.45) is 0. The van der Waals surface area contributed by atoms with Crippen LogP contribution in [0, 0.1) is 0 Å². The van der Waals surface area contributed by atoms with Gasteiger partial charge in [0.2, 0.25) is 0 Å². The molecule has 0 bridgehead atoms. The van der Waals surface area contributed by atoms with Crippen LogP contribution in [0.5, 0.6) is 11.5 Å². The van der Waals surface area contributed by atoms with Gasteiger partial charge in [0.25, 0.3) is 0 Å². The van der Waals surface area contributed by atoms with Crippen LogP contribution in [0.2, 0.25) is 10.0 Å². The van der Waals surface area contributed by atoms with Gasteiger partial charge in [0, 0.05) is 5.56 Å². The Balaban J connectivity index is 1.58. The summed E-state index contributed by atoms with van der Waals surface area (Å²) in [5, 5.41) is 1.03. The maximum atomic E-state index is 6.05. The van der Waals surface area contributed by atoms with Crippen molar-refractivity contribution < 1.29 is 9.47 Å². The molecule has 27 heavy (non-hydrogen) atoms. The number of imidazole rings is 1. The lowest BCUT2D eigenvalue weighted by molar-refractivity contribution is 0.284. The number of aromatic amines is 1. The van der Waals surface area contributed by atoms with Gasteiger partial charge in [0.1, 0.15) is 12.4 Å². The number of ether oxygens (including phenoxy) is 2. The lowest BCUT2D eigenvalue weighted by Crippen LogP contribution is -1.98. The minimum absolute atomic E-state index is 0.358. The summed E-state index contributed by atoms with van der Waals surface area (Å²) < 4.78 is 11.4. The maximum absolute atomic E-state index is 6.05. The van der Waals surface area contributed by atoms with Crippen molar-refractivity contribution in [1.82, 2.24) is 9.97 Å². The van der Waals surface area contributed by atoms with Gasteiger partial charge < -0.3 is 14.5 Å². The highest BCUT2D eigenvalue weighted by atomic mass is 35.5. The molecule has 4 rings (SSSR count). The molecule has 136 valence electrons. The third-order valence-corrected chi connectivity index (χ3v) is 4.94. The van der Waals surface area contributed by atoms with E-state index in [2.05, 4.69) is 9.97 Å². The zero-order valence-electron chi connectivity index (χ0n) is 14.5. The average Bonchev–Trinajstić information content (AvgIpc) is 3.13. The molecule has 0 amide bonds. The van der Waals surface area contributed by atoms with Crippen LogP contribution in [-0.4, -0.2) is 17.1 Å². The zero-order valence-corrected chi connectivity index (χ0v) is 16.0. The Kier molecular flexibility index (Phi) is 4.92. The number of hydrogen-bond donors (Lipinski definition) is 1. The number of nitrogens with one attached hydrogen (secondary N) is 1. The second kappa shape index (κ2) is 7.51. The molecule has 0 atom stereocenters. The van der Waals surface area contributed by atoms with Crippen molar-refractivity contribution in [2.45, 2.75) is 6.61 Å². The molecule has 1 aromatic heterocycles. The molecular weight excluding hydrogens is 383 g/mol. The van der Waals surface area contributed by atoms with E-state index in [4.69, 9.17) is 32.7 Å². The number of halogens is 2. The van der Waals surface area contributed by atoms with Crippen molar-refractivity contribution in [3.63, 3.8) is 0 Å². The minimum Gasteiger partial charge on any atom is -0.493 e. The molecule has 0 aliphatic rings. The number of rotatable bonds is 5. The first-order valence-electron chi connectivity index (χ1n) is 8.34. The highest BCUT2D eigenvalue weighted by Crippen LogP contribution is 2.33. The standard InChI is InChI=1S/C21H16Cl2N2O2/c1-26-20-11-14(21-24-17-4-2-3-5-18(17)25-21)7-9-19(20)27-12-13-6-8-15(22)16(23)10-13/h2-11H,12H2,1H3,(H,24,25). The van der Waals surface area contributed by atoms with E-state index in [-0.39, 0.29) is 0 Å². The van der Waals surface area contributed by atoms with Crippen molar-refractivity contribution in [2.75, 3.05) is 7.11 Å². The fourth-order valence-corrected chi connectivity index (χ4v) is 3.13. The Morgan fingerprint density at radius 3 is 2.56 bits per heavy atom. The molecule has 0 spiro atoms. The van der Waals surface area contributed by atoms with Gasteiger partial charge in [-0.05, 0) is 48.0 Å². The second-order valence-corrected chi connectivity index (χ2v) is 6.82. The molecule has 0 saturated carbocycles. The minimum atomic E-state index is 0.358. The normalized spacial score (nSPS) is 10.9. The van der Waals surface area contributed by atoms with Gasteiger partial charge in [-0.1, -0.05) is 41.4 Å². The summed E-state index contributed by atoms with van der Waals surface area (Å²) in [6, 6.07) is 19.1. The fraction of sp³-hybridized carbons (Fsp3) is 0.0952. The Labute approximate surface area is 166 Å². The molecule has 4 aromatic rings. The van der Waals surface area contributed by atoms with E-state index in [0.29, 0.717) is 28.2 Å². The topological polar surface area (TPSA) is 47.1 Å². The van der Waals surface area contributed by atoms with E-state index in [1.165, 1.54) is 0 Å². The van der Waals surface area contributed by atoms with Gasteiger partial charge in [0.05, 0.1) is 28.2 Å². The molecule has 1 N–H and O–H groups in total. The van der Waals surface area contributed by atoms with E-state index in [9.17, 15) is 0 Å². The van der Waals surface area contributed by atoms with Crippen molar-refractivity contribution in [3.8, 4) is 22.9 Å². The molecule has 4 nitrogen and oxygen atoms in total. The number of methoxy groups -OCH3 is 1. The van der Waals surface area contributed by atoms with Crippen molar-refractivity contribution in [1.29, 1.82) is 0 Å². The first-order chi connectivity index (χ1) is 13.1. The van der Waals surface area contributed by atoms with Crippen molar-refractivity contribution in [2.24, 2.45) is 0 Å². The van der Waals surface area contributed by atoms with Crippen molar-refractivity contribution in [3.05, 3.63) is 76.3 Å². The maximum Gasteiger partial charge on any atom is 0.161 e. The lowest BCUT2D eigenvalue weighted by Gasteiger charge is -2.12. The number of aromatic nitrogens is 2. The molecule has 0 aliphatic heterocycles. The van der Waals surface area contributed by atoms with E-state index in [0.717, 1.165) is 28.0 Å². The Bertz CT molecular complexity index is 1080. The van der Waals surface area contributed by atoms with Crippen LogP contribution < -0.4 is 9.47 Å². The Morgan fingerprint density at radius 1 is 0.926 bits per heavy atom. The summed E-state index contributed by atoms with van der Waals surface area (Å²) in [6.45, 7) is 0.358. The third-order valence-electron chi connectivity index (χ3n) is 4.20. The molecule has 6 heteroatoms. The fourth-order valence-electron chi connectivity index (χ4n) is 2.81. The van der Waals surface area contributed by atoms with E-state index >= 15 is 0 Å². The summed E-state index contributed by atoms with van der Waals surface area (Å²) >= 11 is 12.0. The number of nitrogens with zero attached hydrogens (tertiary/aromatic N) is 1. The Morgan fingerprint density at radius 2 is 1.78 bits per heavy atom. The number of hydrogen-bond acceptors (Lipinski definition) is 3. The lowest BCUT2D eigenvalue weighted by atomic mass is 10.2. The quantitative estimate of drug-likeness (QED) is 0.440. The summed E-state index contributed by atoms with van der Waals surface area (Å²) in [7, 11) is 1.61. The van der Waals surface area contributed by atoms with Gasteiger partial charge in [-0.2, -0.15) is 0 Å². The van der Waals surface area contributed by atoms with E-state index in [1.807, 2.05) is 48.5 Å². The van der Waals surface area contributed by atoms with Crippen LogP contribution in [-0.2, 0) is 6.61 Å². The second-order valence-electron chi connectivity index (χ2n) is 6.01. The van der Waals surface area contributed by atoms with Gasteiger partial charge in [-0.3, -0.25) is 0 Å². The van der Waals surface area contributed by atoms with Crippen LogP contribution in [0.25, 0.3) is 22.4 Å². The molecular formula is C21H16Cl2N2O2. The van der Waals surface area contributed by atoms with Crippen LogP contribution >= 0.6 is 23.2 Å². The molecule has 0 fully saturated rings. The van der Waals surface area contributed by atoms with Crippen LogP contribution in [0.15, 0.2) is 60.7 Å². The Hall–Kier alpha value is -2.69. The van der Waals surface area contributed by atoms with Crippen LogP contribution in [0.3, 0.4) is 0 Å². The van der Waals surface area contributed by atoms with Gasteiger partial charge in [0.15, 0.2) is 11.5 Å². The molecule has 0 unspecified atom stereocenters. The molecule has 1 heterocycles. The first-order valence-corrected chi connectivity index (χ1v) is 9.09. The summed E-state index contributed by atoms with van der Waals surface area (Å²) in [5.74, 6) is 2.06. The van der Waals surface area contributed by atoms with Crippen LogP contribution in [0.1, 0.15) is 5.56 Å².